The Hall–Kier alpha value is -3.88. The average molecular weight is 539 g/mol. The minimum absolute atomic E-state index is 0.0514. The molecule has 4 heterocycles. The standard InChI is InChI=1S/C32H31FN4O3/c33-29-22(11-12-25-26(29)19-37(32(25)40)27-13-14-28(38)34-31(27)39)16-35-17-24-15-23(35)18-36(24)30(20-7-3-1-4-8-20)21-9-5-2-6-10-21/h1-12,23-24,27,30H,13-19H2,(H,34,38,39)/t23-,24-,27?/m1/s1. The molecule has 3 aromatic rings. The fourth-order valence-electron chi connectivity index (χ4n) is 7.13. The van der Waals surface area contributed by atoms with E-state index in [1.54, 1.807) is 12.1 Å². The number of benzene rings is 3. The van der Waals surface area contributed by atoms with Gasteiger partial charge >= 0.3 is 0 Å². The van der Waals surface area contributed by atoms with Crippen LogP contribution in [0, 0.1) is 5.82 Å². The Morgan fingerprint density at radius 2 is 1.57 bits per heavy atom. The van der Waals surface area contributed by atoms with Crippen molar-refractivity contribution in [3.63, 3.8) is 0 Å². The molecule has 0 spiro atoms. The third-order valence-electron chi connectivity index (χ3n) is 9.06. The summed E-state index contributed by atoms with van der Waals surface area (Å²) in [5, 5.41) is 2.30. The molecular formula is C32H31FN4O3. The average Bonchev–Trinajstić information content (AvgIpc) is 3.65. The van der Waals surface area contributed by atoms with Gasteiger partial charge in [-0.25, -0.2) is 4.39 Å². The van der Waals surface area contributed by atoms with Gasteiger partial charge in [0.1, 0.15) is 11.9 Å². The number of carbonyl (C=O) groups excluding carboxylic acids is 3. The number of nitrogens with zero attached hydrogens (tertiary/aromatic N) is 3. The number of amides is 3. The fourth-order valence-corrected chi connectivity index (χ4v) is 7.13. The highest BCUT2D eigenvalue weighted by molar-refractivity contribution is 6.05. The van der Waals surface area contributed by atoms with Crippen molar-refractivity contribution >= 4 is 17.7 Å². The van der Waals surface area contributed by atoms with Gasteiger partial charge in [-0.05, 0) is 30.0 Å². The van der Waals surface area contributed by atoms with Crippen LogP contribution in [0.15, 0.2) is 72.8 Å². The first-order chi connectivity index (χ1) is 19.5. The molecular weight excluding hydrogens is 507 g/mol. The Bertz CT molecular complexity index is 1440. The van der Waals surface area contributed by atoms with E-state index in [9.17, 15) is 14.4 Å². The highest BCUT2D eigenvalue weighted by Gasteiger charge is 2.47. The van der Waals surface area contributed by atoms with Crippen LogP contribution in [0.1, 0.15) is 57.9 Å². The molecule has 4 aliphatic rings. The van der Waals surface area contributed by atoms with Gasteiger partial charge in [-0.3, -0.25) is 29.5 Å². The minimum atomic E-state index is -0.747. The third kappa shape index (κ3) is 4.22. The molecule has 0 aromatic heterocycles. The van der Waals surface area contributed by atoms with E-state index in [0.29, 0.717) is 35.3 Å². The van der Waals surface area contributed by atoms with E-state index in [1.807, 2.05) is 12.1 Å². The Labute approximate surface area is 232 Å². The molecule has 7 rings (SSSR count). The topological polar surface area (TPSA) is 73.0 Å². The van der Waals surface area contributed by atoms with E-state index >= 15 is 4.39 Å². The van der Waals surface area contributed by atoms with Crippen LogP contribution in [0.3, 0.4) is 0 Å². The van der Waals surface area contributed by atoms with Crippen molar-refractivity contribution in [2.24, 2.45) is 0 Å². The maximum Gasteiger partial charge on any atom is 0.255 e. The molecule has 0 saturated carbocycles. The normalized spacial score (nSPS) is 24.7. The minimum Gasteiger partial charge on any atom is -0.322 e. The zero-order valence-corrected chi connectivity index (χ0v) is 22.1. The number of carbonyl (C=O) groups is 3. The van der Waals surface area contributed by atoms with E-state index < -0.39 is 11.9 Å². The lowest BCUT2D eigenvalue weighted by Crippen LogP contribution is -2.52. The number of nitrogens with one attached hydrogen (secondary N) is 1. The summed E-state index contributed by atoms with van der Waals surface area (Å²) in [6.07, 6.45) is 1.48. The summed E-state index contributed by atoms with van der Waals surface area (Å²) in [5.74, 6) is -1.53. The van der Waals surface area contributed by atoms with Crippen LogP contribution >= 0.6 is 0 Å². The number of piperazine rings is 1. The van der Waals surface area contributed by atoms with Gasteiger partial charge in [-0.1, -0.05) is 66.7 Å². The number of fused-ring (bicyclic) bond motifs is 3. The molecule has 4 aliphatic heterocycles. The van der Waals surface area contributed by atoms with Gasteiger partial charge < -0.3 is 4.90 Å². The molecule has 0 radical (unpaired) electrons. The number of hydrogen-bond donors (Lipinski definition) is 1. The van der Waals surface area contributed by atoms with Crippen LogP contribution in [0.5, 0.6) is 0 Å². The van der Waals surface area contributed by atoms with E-state index in [2.05, 4.69) is 63.6 Å². The summed E-state index contributed by atoms with van der Waals surface area (Å²) in [4.78, 5) is 43.3. The van der Waals surface area contributed by atoms with E-state index in [4.69, 9.17) is 0 Å². The van der Waals surface area contributed by atoms with Crippen molar-refractivity contribution < 1.29 is 18.8 Å². The van der Waals surface area contributed by atoms with Crippen LogP contribution < -0.4 is 5.32 Å². The molecule has 3 amide bonds. The highest BCUT2D eigenvalue weighted by Crippen LogP contribution is 2.41. The molecule has 8 heteroatoms. The molecule has 204 valence electrons. The lowest BCUT2D eigenvalue weighted by atomic mass is 9.96. The molecule has 3 aromatic carbocycles. The van der Waals surface area contributed by atoms with E-state index in [1.165, 1.54) is 16.0 Å². The van der Waals surface area contributed by atoms with Crippen molar-refractivity contribution in [3.05, 3.63) is 106 Å². The van der Waals surface area contributed by atoms with Crippen molar-refractivity contribution in [1.82, 2.24) is 20.0 Å². The second kappa shape index (κ2) is 9.94. The van der Waals surface area contributed by atoms with Crippen molar-refractivity contribution in [2.45, 2.75) is 56.5 Å². The first-order valence-electron chi connectivity index (χ1n) is 14.0. The monoisotopic (exact) mass is 538 g/mol. The summed E-state index contributed by atoms with van der Waals surface area (Å²) < 4.78 is 15.8. The molecule has 2 bridgehead atoms. The molecule has 7 nitrogen and oxygen atoms in total. The largest absolute Gasteiger partial charge is 0.322 e. The summed E-state index contributed by atoms with van der Waals surface area (Å²) >= 11 is 0. The predicted molar refractivity (Wildman–Crippen MR) is 146 cm³/mol. The summed E-state index contributed by atoms with van der Waals surface area (Å²) in [5.41, 5.74) is 3.81. The van der Waals surface area contributed by atoms with Gasteiger partial charge in [-0.15, -0.1) is 0 Å². The smallest absolute Gasteiger partial charge is 0.255 e. The van der Waals surface area contributed by atoms with Crippen LogP contribution in [0.25, 0.3) is 0 Å². The SMILES string of the molecule is O=C1CCC(N2Cc3c(ccc(CN4C[C@H]5C[C@@H]4CN5C(c4ccccc4)c4ccccc4)c3F)C2=O)C(=O)N1. The second-order valence-corrected chi connectivity index (χ2v) is 11.4. The Morgan fingerprint density at radius 3 is 2.20 bits per heavy atom. The maximum atomic E-state index is 15.8. The Kier molecular flexibility index (Phi) is 6.24. The Morgan fingerprint density at radius 1 is 0.875 bits per heavy atom. The third-order valence-corrected chi connectivity index (χ3v) is 9.06. The first-order valence-corrected chi connectivity index (χ1v) is 14.0. The van der Waals surface area contributed by atoms with Gasteiger partial charge in [0.2, 0.25) is 11.8 Å². The number of halogens is 1. The van der Waals surface area contributed by atoms with Gasteiger partial charge in [0.25, 0.3) is 5.91 Å². The second-order valence-electron chi connectivity index (χ2n) is 11.4. The van der Waals surface area contributed by atoms with E-state index in [-0.39, 0.29) is 43.1 Å². The van der Waals surface area contributed by atoms with Crippen molar-refractivity contribution in [3.8, 4) is 0 Å². The first kappa shape index (κ1) is 25.1. The number of piperidine rings is 1. The van der Waals surface area contributed by atoms with Gasteiger partial charge in [0.15, 0.2) is 0 Å². The fraction of sp³-hybridized carbons (Fsp3) is 0.344. The van der Waals surface area contributed by atoms with Crippen LogP contribution in [0.2, 0.25) is 0 Å². The number of imide groups is 1. The van der Waals surface area contributed by atoms with Crippen molar-refractivity contribution in [2.75, 3.05) is 13.1 Å². The number of likely N-dealkylation sites (tertiary alicyclic amines) is 2. The van der Waals surface area contributed by atoms with Crippen LogP contribution in [-0.4, -0.2) is 63.6 Å². The van der Waals surface area contributed by atoms with Gasteiger partial charge in [0, 0.05) is 54.8 Å². The lowest BCUT2D eigenvalue weighted by Gasteiger charge is -2.39. The summed E-state index contributed by atoms with van der Waals surface area (Å²) in [6.45, 7) is 2.31. The van der Waals surface area contributed by atoms with E-state index in [0.717, 1.165) is 19.5 Å². The van der Waals surface area contributed by atoms with Gasteiger partial charge in [-0.2, -0.15) is 0 Å². The summed E-state index contributed by atoms with van der Waals surface area (Å²) in [6, 6.07) is 24.8. The summed E-state index contributed by atoms with van der Waals surface area (Å²) in [7, 11) is 0. The quantitative estimate of drug-likeness (QED) is 0.486. The zero-order valence-electron chi connectivity index (χ0n) is 22.1. The molecule has 3 fully saturated rings. The van der Waals surface area contributed by atoms with Gasteiger partial charge in [0.05, 0.1) is 12.6 Å². The molecule has 40 heavy (non-hydrogen) atoms. The zero-order chi connectivity index (χ0) is 27.4. The van der Waals surface area contributed by atoms with Crippen molar-refractivity contribution in [1.29, 1.82) is 0 Å². The van der Waals surface area contributed by atoms with Crippen LogP contribution in [-0.2, 0) is 22.7 Å². The van der Waals surface area contributed by atoms with Crippen LogP contribution in [0.4, 0.5) is 4.39 Å². The Balaban J connectivity index is 1.07. The molecule has 3 saturated heterocycles. The number of rotatable bonds is 6. The predicted octanol–water partition coefficient (Wildman–Crippen LogP) is 3.63. The molecule has 3 atom stereocenters. The molecule has 0 aliphatic carbocycles. The molecule has 1 N–H and O–H groups in total. The number of hydrogen-bond acceptors (Lipinski definition) is 5. The maximum absolute atomic E-state index is 15.8. The molecule has 1 unspecified atom stereocenters. The highest BCUT2D eigenvalue weighted by atomic mass is 19.1. The lowest BCUT2D eigenvalue weighted by molar-refractivity contribution is -0.136.